The Morgan fingerprint density at radius 2 is 1.62 bits per heavy atom. The maximum absolute atomic E-state index is 12.6. The van der Waals surface area contributed by atoms with Gasteiger partial charge in [0.1, 0.15) is 0 Å². The summed E-state index contributed by atoms with van der Waals surface area (Å²) in [5.41, 5.74) is 6.05. The van der Waals surface area contributed by atoms with E-state index >= 15 is 0 Å². The molecule has 0 aromatic heterocycles. The quantitative estimate of drug-likeness (QED) is 0.925. The maximum atomic E-state index is 12.6. The number of rotatable bonds is 3. The van der Waals surface area contributed by atoms with Crippen molar-refractivity contribution in [3.05, 3.63) is 58.7 Å². The first-order valence-corrected chi connectivity index (χ1v) is 7.07. The lowest BCUT2D eigenvalue weighted by Gasteiger charge is -2.19. The van der Waals surface area contributed by atoms with Crippen molar-refractivity contribution in [1.29, 1.82) is 0 Å². The van der Waals surface area contributed by atoms with Crippen molar-refractivity contribution in [2.24, 2.45) is 0 Å². The number of hydrogen-bond acceptors (Lipinski definition) is 2. The number of anilines is 2. The summed E-state index contributed by atoms with van der Waals surface area (Å²) in [6.07, 6.45) is 0. The fourth-order valence-corrected chi connectivity index (χ4v) is 2.53. The molecule has 1 amide bonds. The number of aryl methyl sites for hydroxylation is 3. The maximum Gasteiger partial charge on any atom is 0.258 e. The van der Waals surface area contributed by atoms with Crippen molar-refractivity contribution in [3.8, 4) is 0 Å². The number of amides is 1. The van der Waals surface area contributed by atoms with Crippen molar-refractivity contribution in [2.75, 3.05) is 24.3 Å². The van der Waals surface area contributed by atoms with Crippen LogP contribution in [0.5, 0.6) is 0 Å². The first-order valence-electron chi connectivity index (χ1n) is 7.07. The van der Waals surface area contributed by atoms with Crippen LogP contribution in [0, 0.1) is 20.8 Å². The van der Waals surface area contributed by atoms with E-state index in [1.807, 2.05) is 65.2 Å². The van der Waals surface area contributed by atoms with E-state index in [9.17, 15) is 4.79 Å². The predicted octanol–water partition coefficient (Wildman–Crippen LogP) is 3.93. The summed E-state index contributed by atoms with van der Waals surface area (Å²) >= 11 is 0. The van der Waals surface area contributed by atoms with Crippen molar-refractivity contribution >= 4 is 17.3 Å². The number of carbonyl (C=O) groups excluding carboxylic acids is 1. The van der Waals surface area contributed by atoms with Gasteiger partial charge in [0.15, 0.2) is 0 Å². The molecule has 3 nitrogen and oxygen atoms in total. The summed E-state index contributed by atoms with van der Waals surface area (Å²) < 4.78 is 0. The van der Waals surface area contributed by atoms with Gasteiger partial charge in [-0.05, 0) is 67.8 Å². The van der Waals surface area contributed by atoms with Crippen LogP contribution in [-0.2, 0) is 0 Å². The molecule has 0 atom stereocenters. The van der Waals surface area contributed by atoms with Crippen LogP contribution >= 0.6 is 0 Å². The van der Waals surface area contributed by atoms with Gasteiger partial charge < -0.3 is 10.2 Å². The fraction of sp³-hybridized carbons (Fsp3) is 0.278. The Morgan fingerprint density at radius 1 is 1.00 bits per heavy atom. The lowest BCUT2D eigenvalue weighted by molar-refractivity contribution is 0.0993. The van der Waals surface area contributed by atoms with Gasteiger partial charge in [0.05, 0.1) is 0 Å². The number of hydrogen-bond donors (Lipinski definition) is 1. The van der Waals surface area contributed by atoms with Gasteiger partial charge in [-0.1, -0.05) is 6.07 Å². The van der Waals surface area contributed by atoms with Crippen LogP contribution in [-0.4, -0.2) is 20.0 Å². The number of carbonyl (C=O) groups is 1. The summed E-state index contributed by atoms with van der Waals surface area (Å²) in [6, 6.07) is 11.9. The molecule has 0 aliphatic carbocycles. The van der Waals surface area contributed by atoms with E-state index in [4.69, 9.17) is 0 Å². The SMILES string of the molecule is CNc1ccc(C(=O)N(C)c2cc(C)cc(C)c2)cc1C. The van der Waals surface area contributed by atoms with E-state index < -0.39 is 0 Å². The molecule has 2 aromatic carbocycles. The molecule has 0 unspecified atom stereocenters. The minimum atomic E-state index is 0.00533. The summed E-state index contributed by atoms with van der Waals surface area (Å²) in [4.78, 5) is 14.3. The third-order valence-electron chi connectivity index (χ3n) is 3.64. The summed E-state index contributed by atoms with van der Waals surface area (Å²) in [6.45, 7) is 6.08. The van der Waals surface area contributed by atoms with Gasteiger partial charge in [-0.3, -0.25) is 4.79 Å². The third-order valence-corrected chi connectivity index (χ3v) is 3.64. The Morgan fingerprint density at radius 3 is 2.14 bits per heavy atom. The molecule has 2 aromatic rings. The lowest BCUT2D eigenvalue weighted by atomic mass is 10.1. The average molecular weight is 282 g/mol. The monoisotopic (exact) mass is 282 g/mol. The lowest BCUT2D eigenvalue weighted by Crippen LogP contribution is -2.26. The van der Waals surface area contributed by atoms with Gasteiger partial charge in [0.2, 0.25) is 0 Å². The highest BCUT2D eigenvalue weighted by atomic mass is 16.2. The van der Waals surface area contributed by atoms with Gasteiger partial charge in [-0.15, -0.1) is 0 Å². The number of nitrogens with zero attached hydrogens (tertiary/aromatic N) is 1. The second-order valence-electron chi connectivity index (χ2n) is 5.49. The van der Waals surface area contributed by atoms with E-state index in [2.05, 4.69) is 11.4 Å². The Bertz CT molecular complexity index is 657. The Kier molecular flexibility index (Phi) is 4.32. The van der Waals surface area contributed by atoms with Gasteiger partial charge >= 0.3 is 0 Å². The topological polar surface area (TPSA) is 32.3 Å². The molecule has 0 radical (unpaired) electrons. The molecular weight excluding hydrogens is 260 g/mol. The molecule has 1 N–H and O–H groups in total. The van der Waals surface area contributed by atoms with Crippen LogP contribution in [0.2, 0.25) is 0 Å². The average Bonchev–Trinajstić information content (AvgIpc) is 2.44. The Hall–Kier alpha value is -2.29. The molecule has 0 fully saturated rings. The predicted molar refractivity (Wildman–Crippen MR) is 89.4 cm³/mol. The zero-order valence-corrected chi connectivity index (χ0v) is 13.3. The molecule has 0 aliphatic heterocycles. The van der Waals surface area contributed by atoms with Crippen LogP contribution in [0.15, 0.2) is 36.4 Å². The Labute approximate surface area is 126 Å². The van der Waals surface area contributed by atoms with Gasteiger partial charge in [-0.2, -0.15) is 0 Å². The second-order valence-corrected chi connectivity index (χ2v) is 5.49. The Balaban J connectivity index is 2.32. The first kappa shape index (κ1) is 15.1. The van der Waals surface area contributed by atoms with Crippen molar-refractivity contribution in [3.63, 3.8) is 0 Å². The largest absolute Gasteiger partial charge is 0.388 e. The molecule has 0 saturated carbocycles. The highest BCUT2D eigenvalue weighted by molar-refractivity contribution is 6.06. The van der Waals surface area contributed by atoms with E-state index in [0.717, 1.165) is 28.1 Å². The molecule has 110 valence electrons. The van der Waals surface area contributed by atoms with Gasteiger partial charge in [0.25, 0.3) is 5.91 Å². The molecule has 0 bridgehead atoms. The number of nitrogens with one attached hydrogen (secondary N) is 1. The van der Waals surface area contributed by atoms with E-state index in [1.165, 1.54) is 0 Å². The standard InChI is InChI=1S/C18H22N2O/c1-12-8-13(2)10-16(9-12)20(5)18(21)15-6-7-17(19-4)14(3)11-15/h6-11,19H,1-5H3. The molecule has 0 aliphatic rings. The van der Waals surface area contributed by atoms with Gasteiger partial charge in [-0.25, -0.2) is 0 Å². The molecule has 21 heavy (non-hydrogen) atoms. The molecular formula is C18H22N2O. The van der Waals surface area contributed by atoms with Gasteiger partial charge in [0, 0.05) is 31.0 Å². The molecule has 0 spiro atoms. The van der Waals surface area contributed by atoms with Crippen LogP contribution in [0.1, 0.15) is 27.0 Å². The smallest absolute Gasteiger partial charge is 0.258 e. The normalized spacial score (nSPS) is 10.3. The first-order chi connectivity index (χ1) is 9.92. The van der Waals surface area contributed by atoms with Crippen molar-refractivity contribution in [2.45, 2.75) is 20.8 Å². The molecule has 0 saturated heterocycles. The number of benzene rings is 2. The van der Waals surface area contributed by atoms with Crippen LogP contribution < -0.4 is 10.2 Å². The summed E-state index contributed by atoms with van der Waals surface area (Å²) in [5, 5.41) is 3.11. The van der Waals surface area contributed by atoms with E-state index in [-0.39, 0.29) is 5.91 Å². The zero-order chi connectivity index (χ0) is 15.6. The van der Waals surface area contributed by atoms with E-state index in [0.29, 0.717) is 5.56 Å². The summed E-state index contributed by atoms with van der Waals surface area (Å²) in [7, 11) is 3.70. The van der Waals surface area contributed by atoms with Crippen LogP contribution in [0.3, 0.4) is 0 Å². The minimum Gasteiger partial charge on any atom is -0.388 e. The highest BCUT2D eigenvalue weighted by Crippen LogP contribution is 2.21. The summed E-state index contributed by atoms with van der Waals surface area (Å²) in [5.74, 6) is 0.00533. The third kappa shape index (κ3) is 3.24. The van der Waals surface area contributed by atoms with Crippen LogP contribution in [0.25, 0.3) is 0 Å². The highest BCUT2D eigenvalue weighted by Gasteiger charge is 2.14. The molecule has 2 rings (SSSR count). The van der Waals surface area contributed by atoms with Crippen LogP contribution in [0.4, 0.5) is 11.4 Å². The molecule has 0 heterocycles. The fourth-order valence-electron chi connectivity index (χ4n) is 2.53. The van der Waals surface area contributed by atoms with Crippen molar-refractivity contribution in [1.82, 2.24) is 0 Å². The minimum absolute atomic E-state index is 0.00533. The van der Waals surface area contributed by atoms with E-state index in [1.54, 1.807) is 4.90 Å². The zero-order valence-electron chi connectivity index (χ0n) is 13.3. The molecule has 3 heteroatoms. The second kappa shape index (κ2) is 6.00. The van der Waals surface area contributed by atoms with Crippen molar-refractivity contribution < 1.29 is 4.79 Å².